The molecule has 2 aromatic rings. The van der Waals surface area contributed by atoms with Crippen molar-refractivity contribution in [2.75, 3.05) is 5.01 Å². The molecule has 25 heavy (non-hydrogen) atoms. The van der Waals surface area contributed by atoms with Crippen molar-refractivity contribution in [1.82, 2.24) is 0 Å². The van der Waals surface area contributed by atoms with Gasteiger partial charge in [0.15, 0.2) is 0 Å². The minimum atomic E-state index is -4.40. The van der Waals surface area contributed by atoms with Crippen molar-refractivity contribution in [2.24, 2.45) is 5.10 Å². The number of rotatable bonds is 4. The molecule has 0 aromatic heterocycles. The van der Waals surface area contributed by atoms with Crippen LogP contribution < -0.4 is 5.01 Å². The number of nitrogens with zero attached hydrogens (tertiary/aromatic N) is 3. The van der Waals surface area contributed by atoms with E-state index in [0.29, 0.717) is 11.3 Å². The molecule has 0 fully saturated rings. The minimum Gasteiger partial charge on any atom is -0.282 e. The van der Waals surface area contributed by atoms with Crippen LogP contribution in [0.2, 0.25) is 0 Å². The summed E-state index contributed by atoms with van der Waals surface area (Å²) in [6, 6.07) is 10.8. The van der Waals surface area contributed by atoms with Crippen LogP contribution in [0, 0.1) is 10.1 Å². The summed E-state index contributed by atoms with van der Waals surface area (Å²) in [5, 5.41) is 15.9. The molecule has 0 atom stereocenters. The number of hydrogen-bond donors (Lipinski definition) is 1. The fourth-order valence-corrected chi connectivity index (χ4v) is 2.86. The fraction of sp³-hybridized carbons (Fsp3) is 0.0667. The molecule has 128 valence electrons. The van der Waals surface area contributed by atoms with Crippen LogP contribution in [0.5, 0.6) is 0 Å². The van der Waals surface area contributed by atoms with Crippen LogP contribution in [0.15, 0.2) is 58.5 Å². The molecule has 0 bridgehead atoms. The highest BCUT2D eigenvalue weighted by molar-refractivity contribution is 7.85. The zero-order valence-electron chi connectivity index (χ0n) is 12.6. The standard InChI is InChI=1S/C15H11N3O6S/c19-15-9-14(10-4-6-11(7-5-10)18(20)21)16-17(15)12-2-1-3-13(8-12)25(22,23)24/h1-8H,9H2,(H,22,23,24). The molecule has 3 rings (SSSR count). The molecule has 2 aromatic carbocycles. The lowest BCUT2D eigenvalue weighted by Crippen LogP contribution is -2.19. The quantitative estimate of drug-likeness (QED) is 0.503. The number of benzene rings is 2. The van der Waals surface area contributed by atoms with Crippen molar-refractivity contribution in [3.8, 4) is 0 Å². The topological polar surface area (TPSA) is 130 Å². The van der Waals surface area contributed by atoms with E-state index in [-0.39, 0.29) is 28.6 Å². The number of carbonyl (C=O) groups is 1. The van der Waals surface area contributed by atoms with Crippen molar-refractivity contribution >= 4 is 33.1 Å². The van der Waals surface area contributed by atoms with Crippen molar-refractivity contribution < 1.29 is 22.7 Å². The Balaban J connectivity index is 1.94. The first-order chi connectivity index (χ1) is 11.8. The monoisotopic (exact) mass is 361 g/mol. The first kappa shape index (κ1) is 16.7. The van der Waals surface area contributed by atoms with Crippen LogP contribution in [0.1, 0.15) is 12.0 Å². The second kappa shape index (κ2) is 6.07. The summed E-state index contributed by atoms with van der Waals surface area (Å²) in [6.45, 7) is 0. The van der Waals surface area contributed by atoms with E-state index in [2.05, 4.69) is 5.10 Å². The summed E-state index contributed by atoms with van der Waals surface area (Å²) in [6.07, 6.45) is -0.0338. The van der Waals surface area contributed by atoms with Crippen molar-refractivity contribution in [3.05, 3.63) is 64.2 Å². The van der Waals surface area contributed by atoms with Gasteiger partial charge in [0.25, 0.3) is 21.7 Å². The zero-order chi connectivity index (χ0) is 18.2. The average Bonchev–Trinajstić information content (AvgIpc) is 2.96. The van der Waals surface area contributed by atoms with Crippen LogP contribution in [-0.2, 0) is 14.9 Å². The third-order valence-corrected chi connectivity index (χ3v) is 4.40. The highest BCUT2D eigenvalue weighted by atomic mass is 32.2. The Labute approximate surface area is 142 Å². The lowest BCUT2D eigenvalue weighted by molar-refractivity contribution is -0.384. The predicted molar refractivity (Wildman–Crippen MR) is 88.0 cm³/mol. The van der Waals surface area contributed by atoms with E-state index in [4.69, 9.17) is 4.55 Å². The van der Waals surface area contributed by atoms with E-state index in [1.165, 1.54) is 42.5 Å². The summed E-state index contributed by atoms with van der Waals surface area (Å²) in [5.41, 5.74) is 1.06. The molecule has 9 nitrogen and oxygen atoms in total. The Bertz CT molecular complexity index is 998. The van der Waals surface area contributed by atoms with Gasteiger partial charge in [-0.25, -0.2) is 5.01 Å². The van der Waals surface area contributed by atoms with Gasteiger partial charge in [0.2, 0.25) is 0 Å². The number of non-ortho nitro benzene ring substituents is 1. The number of anilines is 1. The predicted octanol–water partition coefficient (Wildman–Crippen LogP) is 1.98. The zero-order valence-corrected chi connectivity index (χ0v) is 13.4. The van der Waals surface area contributed by atoms with Gasteiger partial charge in [-0.3, -0.25) is 19.5 Å². The third-order valence-electron chi connectivity index (χ3n) is 3.55. The highest BCUT2D eigenvalue weighted by Crippen LogP contribution is 2.25. The number of hydrogen-bond acceptors (Lipinski definition) is 6. The van der Waals surface area contributed by atoms with Gasteiger partial charge in [-0.2, -0.15) is 13.5 Å². The first-order valence-corrected chi connectivity index (χ1v) is 8.42. The molecule has 0 spiro atoms. The minimum absolute atomic E-state index is 0.0338. The lowest BCUT2D eigenvalue weighted by Gasteiger charge is -2.12. The summed E-state index contributed by atoms with van der Waals surface area (Å²) >= 11 is 0. The summed E-state index contributed by atoms with van der Waals surface area (Å²) < 4.78 is 31.5. The van der Waals surface area contributed by atoms with Gasteiger partial charge in [-0.15, -0.1) is 0 Å². The largest absolute Gasteiger partial charge is 0.294 e. The third kappa shape index (κ3) is 3.39. The second-order valence-electron chi connectivity index (χ2n) is 5.21. The van der Waals surface area contributed by atoms with Crippen molar-refractivity contribution in [2.45, 2.75) is 11.3 Å². The van der Waals surface area contributed by atoms with Gasteiger partial charge in [0.1, 0.15) is 0 Å². The molecule has 0 aliphatic carbocycles. The van der Waals surface area contributed by atoms with Gasteiger partial charge in [0.05, 0.1) is 27.6 Å². The number of amides is 1. The molecule has 0 saturated heterocycles. The molecule has 0 unspecified atom stereocenters. The van der Waals surface area contributed by atoms with Gasteiger partial charge >= 0.3 is 0 Å². The highest BCUT2D eigenvalue weighted by Gasteiger charge is 2.27. The second-order valence-corrected chi connectivity index (χ2v) is 6.63. The summed E-state index contributed by atoms with van der Waals surface area (Å²) in [4.78, 5) is 22.0. The molecule has 0 radical (unpaired) electrons. The molecule has 0 saturated carbocycles. The molecule has 1 amide bonds. The Morgan fingerprint density at radius 1 is 1.16 bits per heavy atom. The summed E-state index contributed by atoms with van der Waals surface area (Å²) in [5.74, 6) is -0.388. The van der Waals surface area contributed by atoms with Crippen LogP contribution in [0.3, 0.4) is 0 Å². The Hall–Kier alpha value is -3.11. The maximum atomic E-state index is 12.2. The van der Waals surface area contributed by atoms with Gasteiger partial charge in [-0.1, -0.05) is 6.07 Å². The molecule has 1 aliphatic rings. The Kier molecular flexibility index (Phi) is 4.07. The SMILES string of the molecule is O=C1CC(c2ccc([N+](=O)[O-])cc2)=NN1c1cccc(S(=O)(=O)O)c1. The van der Waals surface area contributed by atoms with Crippen LogP contribution in [0.25, 0.3) is 0 Å². The van der Waals surface area contributed by atoms with E-state index < -0.39 is 15.0 Å². The van der Waals surface area contributed by atoms with Gasteiger partial charge in [-0.05, 0) is 35.9 Å². The lowest BCUT2D eigenvalue weighted by atomic mass is 10.1. The summed E-state index contributed by atoms with van der Waals surface area (Å²) in [7, 11) is -4.40. The number of nitro groups is 1. The maximum absolute atomic E-state index is 12.2. The molecular weight excluding hydrogens is 350 g/mol. The Morgan fingerprint density at radius 3 is 2.44 bits per heavy atom. The van der Waals surface area contributed by atoms with E-state index in [0.717, 1.165) is 11.1 Å². The van der Waals surface area contributed by atoms with E-state index in [9.17, 15) is 23.3 Å². The number of nitro benzene ring substituents is 1. The number of carbonyl (C=O) groups excluding carboxylic acids is 1. The van der Waals surface area contributed by atoms with Crippen molar-refractivity contribution in [1.29, 1.82) is 0 Å². The van der Waals surface area contributed by atoms with Crippen LogP contribution in [0.4, 0.5) is 11.4 Å². The van der Waals surface area contributed by atoms with Crippen LogP contribution >= 0.6 is 0 Å². The molecule has 1 aliphatic heterocycles. The first-order valence-electron chi connectivity index (χ1n) is 6.98. The van der Waals surface area contributed by atoms with Gasteiger partial charge in [0, 0.05) is 12.1 Å². The van der Waals surface area contributed by atoms with Crippen molar-refractivity contribution in [3.63, 3.8) is 0 Å². The fourth-order valence-electron chi connectivity index (χ4n) is 2.34. The maximum Gasteiger partial charge on any atom is 0.294 e. The number of hydrazone groups is 1. The molecular formula is C15H11N3O6S. The Morgan fingerprint density at radius 2 is 1.84 bits per heavy atom. The van der Waals surface area contributed by atoms with E-state index >= 15 is 0 Å². The molecule has 1 heterocycles. The molecule has 10 heteroatoms. The smallest absolute Gasteiger partial charge is 0.282 e. The normalized spacial score (nSPS) is 14.5. The molecule has 1 N–H and O–H groups in total. The van der Waals surface area contributed by atoms with E-state index in [1.807, 2.05) is 0 Å². The average molecular weight is 361 g/mol. The van der Waals surface area contributed by atoms with Crippen LogP contribution in [-0.4, -0.2) is 29.5 Å². The van der Waals surface area contributed by atoms with Gasteiger partial charge < -0.3 is 0 Å². The van der Waals surface area contributed by atoms with E-state index in [1.54, 1.807) is 0 Å².